The molecule has 0 atom stereocenters. The summed E-state index contributed by atoms with van der Waals surface area (Å²) >= 11 is 0. The Hall–Kier alpha value is -4.41. The number of rotatable bonds is 21. The normalized spacial score (nSPS) is 9.41. The van der Waals surface area contributed by atoms with Crippen LogP contribution in [-0.2, 0) is 38.1 Å². The highest BCUT2D eigenvalue weighted by Gasteiger charge is 2.02. The van der Waals surface area contributed by atoms with Crippen molar-refractivity contribution in [2.45, 2.75) is 53.4 Å². The van der Waals surface area contributed by atoms with Gasteiger partial charge in [0.2, 0.25) is 0 Å². The van der Waals surface area contributed by atoms with Gasteiger partial charge in [-0.1, -0.05) is 82.8 Å². The van der Waals surface area contributed by atoms with Crippen LogP contribution in [0, 0.1) is 6.92 Å². The van der Waals surface area contributed by atoms with Gasteiger partial charge in [-0.2, -0.15) is 0 Å². The van der Waals surface area contributed by atoms with Gasteiger partial charge in [-0.3, -0.25) is 0 Å². The fraction of sp³-hybridized carbons (Fsp3) is 0.436. The Labute approximate surface area is 294 Å². The quantitative estimate of drug-likeness (QED) is 0.0565. The molecule has 2 aromatic carbocycles. The number of ether oxygens (including phenoxy) is 7. The van der Waals surface area contributed by atoms with Gasteiger partial charge in [-0.15, -0.1) is 0 Å². The van der Waals surface area contributed by atoms with Crippen molar-refractivity contribution >= 4 is 17.9 Å². The van der Waals surface area contributed by atoms with Crippen LogP contribution < -0.4 is 9.47 Å². The molecule has 2 aromatic rings. The number of carbonyl (C=O) groups is 3. The SMILES string of the molecule is C=C(C)C(=O)OCCOCCCC.C=C(C)C(=O)OCCOc1ccccc1.C=CC(=O)OCCOCCCC.[CH2]COc1ccccc1. The van der Waals surface area contributed by atoms with Crippen LogP contribution in [0.25, 0.3) is 0 Å². The first-order valence-corrected chi connectivity index (χ1v) is 16.4. The van der Waals surface area contributed by atoms with Crippen LogP contribution in [0.5, 0.6) is 11.5 Å². The summed E-state index contributed by atoms with van der Waals surface area (Å²) in [5, 5.41) is 0. The summed E-state index contributed by atoms with van der Waals surface area (Å²) in [7, 11) is 0. The molecule has 0 aliphatic rings. The maximum atomic E-state index is 11.0. The lowest BCUT2D eigenvalue weighted by Gasteiger charge is -2.06. The molecule has 0 saturated heterocycles. The molecule has 0 aliphatic carbocycles. The van der Waals surface area contributed by atoms with Crippen LogP contribution in [0.2, 0.25) is 0 Å². The molecule has 0 amide bonds. The van der Waals surface area contributed by atoms with Gasteiger partial charge < -0.3 is 33.2 Å². The lowest BCUT2D eigenvalue weighted by atomic mass is 10.3. The maximum absolute atomic E-state index is 11.0. The molecular weight excluding hydrogens is 628 g/mol. The molecule has 10 heteroatoms. The second-order valence-electron chi connectivity index (χ2n) is 9.96. The number of esters is 3. The zero-order valence-corrected chi connectivity index (χ0v) is 30.0. The topological polar surface area (TPSA) is 116 Å². The van der Waals surface area contributed by atoms with Crippen molar-refractivity contribution in [1.29, 1.82) is 0 Å². The molecule has 0 unspecified atom stereocenters. The van der Waals surface area contributed by atoms with Gasteiger partial charge in [0.05, 0.1) is 19.8 Å². The van der Waals surface area contributed by atoms with E-state index >= 15 is 0 Å². The summed E-state index contributed by atoms with van der Waals surface area (Å²) in [6.07, 6.45) is 5.48. The van der Waals surface area contributed by atoms with Crippen LogP contribution >= 0.6 is 0 Å². The smallest absolute Gasteiger partial charge is 0.333 e. The average molecular weight is 686 g/mol. The Morgan fingerprint density at radius 1 is 0.592 bits per heavy atom. The van der Waals surface area contributed by atoms with Gasteiger partial charge in [-0.25, -0.2) is 14.4 Å². The molecular formula is C39H57O10. The number of unbranched alkanes of at least 4 members (excludes halogenated alkanes) is 2. The predicted molar refractivity (Wildman–Crippen MR) is 193 cm³/mol. The average Bonchev–Trinajstić information content (AvgIpc) is 3.11. The molecule has 0 aliphatic heterocycles. The number of carbonyl (C=O) groups excluding carboxylic acids is 3. The van der Waals surface area contributed by atoms with Crippen LogP contribution in [0.1, 0.15) is 53.4 Å². The number of benzene rings is 2. The zero-order chi connectivity index (χ0) is 37.0. The van der Waals surface area contributed by atoms with Crippen molar-refractivity contribution in [3.05, 3.63) is 105 Å². The molecule has 2 rings (SSSR count). The lowest BCUT2D eigenvalue weighted by Crippen LogP contribution is -2.12. The van der Waals surface area contributed by atoms with Crippen molar-refractivity contribution in [2.75, 3.05) is 59.5 Å². The van der Waals surface area contributed by atoms with Gasteiger partial charge in [0.25, 0.3) is 0 Å². The molecule has 49 heavy (non-hydrogen) atoms. The third-order valence-electron chi connectivity index (χ3n) is 5.42. The van der Waals surface area contributed by atoms with E-state index in [0.717, 1.165) is 56.5 Å². The molecule has 1 radical (unpaired) electrons. The van der Waals surface area contributed by atoms with Gasteiger partial charge in [-0.05, 0) is 57.9 Å². The zero-order valence-electron chi connectivity index (χ0n) is 30.0. The Balaban J connectivity index is 0. The Morgan fingerprint density at radius 3 is 1.39 bits per heavy atom. The molecule has 0 aromatic heterocycles. The third-order valence-corrected chi connectivity index (χ3v) is 5.42. The van der Waals surface area contributed by atoms with E-state index < -0.39 is 5.97 Å². The summed E-state index contributed by atoms with van der Waals surface area (Å²) in [6, 6.07) is 19.0. The van der Waals surface area contributed by atoms with Crippen LogP contribution in [0.4, 0.5) is 0 Å². The molecule has 273 valence electrons. The standard InChI is InChI=1S/C12H14O3.C10H18O3.C9H16O3.C8H9O/c1-10(2)12(13)15-9-8-14-11-6-4-3-5-7-11;1-4-5-6-12-7-8-13-10(11)9(2)3;1-3-5-6-11-7-8-12-9(10)4-2;1-2-9-8-6-4-3-5-7-8/h3-7H,1,8-9H2,2H3;2,4-8H2,1,3H3;4H,2-3,5-8H2,1H3;3-7H,1-2H2. The Bertz CT molecular complexity index is 1130. The monoisotopic (exact) mass is 685 g/mol. The van der Waals surface area contributed by atoms with Crippen LogP contribution in [-0.4, -0.2) is 77.4 Å². The Kier molecular flexibility index (Phi) is 33.3. The van der Waals surface area contributed by atoms with E-state index in [1.54, 1.807) is 13.8 Å². The van der Waals surface area contributed by atoms with Crippen molar-refractivity contribution < 1.29 is 47.5 Å². The largest absolute Gasteiger partial charge is 0.494 e. The minimum atomic E-state index is -0.394. The Morgan fingerprint density at radius 2 is 1.00 bits per heavy atom. The van der Waals surface area contributed by atoms with Crippen molar-refractivity contribution in [1.82, 2.24) is 0 Å². The van der Waals surface area contributed by atoms with Gasteiger partial charge in [0.1, 0.15) is 37.9 Å². The van der Waals surface area contributed by atoms with E-state index in [0.29, 0.717) is 50.8 Å². The maximum Gasteiger partial charge on any atom is 0.333 e. The first-order valence-electron chi connectivity index (χ1n) is 16.4. The molecule has 0 N–H and O–H groups in total. The summed E-state index contributed by atoms with van der Waals surface area (Å²) in [5.74, 6) is 0.524. The van der Waals surface area contributed by atoms with Crippen molar-refractivity contribution in [3.8, 4) is 11.5 Å². The molecule has 0 fully saturated rings. The molecule has 0 spiro atoms. The number of hydrogen-bond donors (Lipinski definition) is 0. The van der Waals surface area contributed by atoms with Gasteiger partial charge >= 0.3 is 17.9 Å². The minimum absolute atomic E-state index is 0.237. The number of para-hydroxylation sites is 2. The lowest BCUT2D eigenvalue weighted by molar-refractivity contribution is -0.141. The number of hydrogen-bond acceptors (Lipinski definition) is 10. The van der Waals surface area contributed by atoms with Crippen molar-refractivity contribution in [2.24, 2.45) is 0 Å². The van der Waals surface area contributed by atoms with Crippen molar-refractivity contribution in [3.63, 3.8) is 0 Å². The highest BCUT2D eigenvalue weighted by atomic mass is 16.6. The van der Waals surface area contributed by atoms with Gasteiger partial charge in [0, 0.05) is 30.4 Å². The second-order valence-corrected chi connectivity index (χ2v) is 9.96. The highest BCUT2D eigenvalue weighted by molar-refractivity contribution is 5.87. The second kappa shape index (κ2) is 34.9. The van der Waals surface area contributed by atoms with E-state index in [-0.39, 0.29) is 18.5 Å². The highest BCUT2D eigenvalue weighted by Crippen LogP contribution is 2.08. The molecule has 0 heterocycles. The van der Waals surface area contributed by atoms with E-state index in [4.69, 9.17) is 28.4 Å². The summed E-state index contributed by atoms with van der Waals surface area (Å²) in [5.41, 5.74) is 0.822. The first-order chi connectivity index (χ1) is 23.6. The minimum Gasteiger partial charge on any atom is -0.494 e. The fourth-order valence-corrected chi connectivity index (χ4v) is 2.84. The molecule has 0 bridgehead atoms. The van der Waals surface area contributed by atoms with E-state index in [2.05, 4.69) is 45.2 Å². The molecule has 0 saturated carbocycles. The fourth-order valence-electron chi connectivity index (χ4n) is 2.84. The first kappa shape index (κ1) is 46.7. The van der Waals surface area contributed by atoms with E-state index in [9.17, 15) is 14.4 Å². The third kappa shape index (κ3) is 33.3. The summed E-state index contributed by atoms with van der Waals surface area (Å²) < 4.78 is 35.1. The van der Waals surface area contributed by atoms with E-state index in [1.165, 1.54) is 0 Å². The summed E-state index contributed by atoms with van der Waals surface area (Å²) in [6.45, 7) is 25.3. The molecule has 10 nitrogen and oxygen atoms in total. The van der Waals surface area contributed by atoms with Gasteiger partial charge in [0.15, 0.2) is 0 Å². The van der Waals surface area contributed by atoms with E-state index in [1.807, 2.05) is 60.7 Å². The van der Waals surface area contributed by atoms with Crippen LogP contribution in [0.15, 0.2) is 97.6 Å². The predicted octanol–water partition coefficient (Wildman–Crippen LogP) is 7.54. The summed E-state index contributed by atoms with van der Waals surface area (Å²) in [4.78, 5) is 32.3. The van der Waals surface area contributed by atoms with Crippen LogP contribution in [0.3, 0.4) is 0 Å².